The summed E-state index contributed by atoms with van der Waals surface area (Å²) in [7, 11) is 0. The third-order valence-electron chi connectivity index (χ3n) is 3.31. The summed E-state index contributed by atoms with van der Waals surface area (Å²) < 4.78 is 31.8. The zero-order chi connectivity index (χ0) is 14.8. The van der Waals surface area contributed by atoms with Crippen LogP contribution in [0, 0.1) is 11.6 Å². The molecule has 0 saturated heterocycles. The smallest absolute Gasteiger partial charge is 0.167 e. The molecule has 2 nitrogen and oxygen atoms in total. The lowest BCUT2D eigenvalue weighted by atomic mass is 10.1. The monoisotopic (exact) mass is 285 g/mol. The molecule has 4 heteroatoms. The summed E-state index contributed by atoms with van der Waals surface area (Å²) in [6.45, 7) is 2.62. The third-order valence-corrected chi connectivity index (χ3v) is 3.31. The molecule has 0 aliphatic heterocycles. The van der Waals surface area contributed by atoms with Crippen LogP contribution in [0.4, 0.5) is 14.5 Å². The van der Waals surface area contributed by atoms with E-state index in [1.54, 1.807) is 0 Å². The second-order valence-corrected chi connectivity index (χ2v) is 5.13. The largest absolute Gasteiger partial charge is 0.490 e. The first kappa shape index (κ1) is 16.7. The molecule has 1 rings (SSSR count). The molecule has 0 aliphatic carbocycles. The van der Waals surface area contributed by atoms with E-state index in [1.165, 1.54) is 38.5 Å². The number of hydrogen-bond donors (Lipinski definition) is 1. The average Bonchev–Trinajstić information content (AvgIpc) is 2.42. The van der Waals surface area contributed by atoms with Gasteiger partial charge in [-0.25, -0.2) is 8.78 Å². The van der Waals surface area contributed by atoms with Crippen molar-refractivity contribution < 1.29 is 13.5 Å². The molecule has 0 amide bonds. The zero-order valence-electron chi connectivity index (χ0n) is 12.3. The molecular formula is C16H25F2NO. The Labute approximate surface area is 120 Å². The second-order valence-electron chi connectivity index (χ2n) is 5.13. The normalized spacial score (nSPS) is 10.8. The predicted octanol–water partition coefficient (Wildman–Crippen LogP) is 5.07. The Bertz CT molecular complexity index is 396. The molecule has 0 saturated carbocycles. The van der Waals surface area contributed by atoms with E-state index >= 15 is 0 Å². The van der Waals surface area contributed by atoms with Gasteiger partial charge in [-0.2, -0.15) is 0 Å². The van der Waals surface area contributed by atoms with Crippen molar-refractivity contribution in [3.8, 4) is 5.75 Å². The van der Waals surface area contributed by atoms with Gasteiger partial charge >= 0.3 is 0 Å². The highest BCUT2D eigenvalue weighted by molar-refractivity contribution is 5.44. The number of rotatable bonds is 10. The van der Waals surface area contributed by atoms with Crippen LogP contribution in [0.1, 0.15) is 58.3 Å². The molecule has 0 radical (unpaired) electrons. The maximum atomic E-state index is 13.4. The lowest BCUT2D eigenvalue weighted by Gasteiger charge is -2.08. The number of halogens is 2. The minimum Gasteiger partial charge on any atom is -0.490 e. The van der Waals surface area contributed by atoms with Gasteiger partial charge in [-0.1, -0.05) is 51.9 Å². The predicted molar refractivity (Wildman–Crippen MR) is 78.9 cm³/mol. The van der Waals surface area contributed by atoms with E-state index in [9.17, 15) is 8.78 Å². The number of unbranched alkanes of at least 4 members (excludes halogenated alkanes) is 7. The molecule has 0 unspecified atom stereocenters. The Morgan fingerprint density at radius 1 is 0.900 bits per heavy atom. The highest BCUT2D eigenvalue weighted by Gasteiger charge is 2.08. The number of hydrogen-bond acceptors (Lipinski definition) is 2. The third kappa shape index (κ3) is 6.22. The van der Waals surface area contributed by atoms with Crippen molar-refractivity contribution in [2.45, 2.75) is 58.3 Å². The van der Waals surface area contributed by atoms with Gasteiger partial charge in [-0.3, -0.25) is 0 Å². The van der Waals surface area contributed by atoms with Crippen molar-refractivity contribution >= 4 is 5.69 Å². The fourth-order valence-corrected chi connectivity index (χ4v) is 2.07. The van der Waals surface area contributed by atoms with Gasteiger partial charge in [0.1, 0.15) is 5.82 Å². The van der Waals surface area contributed by atoms with Crippen LogP contribution >= 0.6 is 0 Å². The SMILES string of the molecule is CCCCCCCCCCOc1cc(F)c(N)cc1F. The topological polar surface area (TPSA) is 35.2 Å². The van der Waals surface area contributed by atoms with E-state index in [2.05, 4.69) is 6.92 Å². The lowest BCUT2D eigenvalue weighted by molar-refractivity contribution is 0.288. The quantitative estimate of drug-likeness (QED) is 0.481. The standard InChI is InChI=1S/C16H25F2NO/c1-2-3-4-5-6-7-8-9-10-20-16-12-13(17)15(19)11-14(16)18/h11-12H,2-10,19H2,1H3. The van der Waals surface area contributed by atoms with E-state index in [4.69, 9.17) is 10.5 Å². The molecule has 1 aromatic carbocycles. The molecule has 0 aromatic heterocycles. The Hall–Kier alpha value is -1.32. The van der Waals surface area contributed by atoms with E-state index in [0.717, 1.165) is 25.0 Å². The highest BCUT2D eigenvalue weighted by atomic mass is 19.1. The zero-order valence-corrected chi connectivity index (χ0v) is 12.3. The molecule has 0 fully saturated rings. The average molecular weight is 285 g/mol. The molecule has 114 valence electrons. The molecular weight excluding hydrogens is 260 g/mol. The minimum atomic E-state index is -0.641. The summed E-state index contributed by atoms with van der Waals surface area (Å²) in [6, 6.07) is 1.97. The number of ether oxygens (including phenoxy) is 1. The highest BCUT2D eigenvalue weighted by Crippen LogP contribution is 2.23. The summed E-state index contributed by atoms with van der Waals surface area (Å²) in [4.78, 5) is 0. The molecule has 1 aromatic rings. The van der Waals surface area contributed by atoms with Gasteiger partial charge in [0.25, 0.3) is 0 Å². The van der Waals surface area contributed by atoms with Crippen molar-refractivity contribution in [1.29, 1.82) is 0 Å². The first-order valence-corrected chi connectivity index (χ1v) is 7.52. The van der Waals surface area contributed by atoms with Gasteiger partial charge < -0.3 is 10.5 Å². The van der Waals surface area contributed by atoms with Gasteiger partial charge in [0.15, 0.2) is 11.6 Å². The molecule has 0 spiro atoms. The van der Waals surface area contributed by atoms with Crippen molar-refractivity contribution in [3.05, 3.63) is 23.8 Å². The van der Waals surface area contributed by atoms with Gasteiger partial charge in [-0.15, -0.1) is 0 Å². The van der Waals surface area contributed by atoms with Crippen molar-refractivity contribution in [3.63, 3.8) is 0 Å². The molecule has 0 atom stereocenters. The van der Waals surface area contributed by atoms with Gasteiger partial charge in [-0.05, 0) is 6.42 Å². The summed E-state index contributed by atoms with van der Waals surface area (Å²) in [5.41, 5.74) is 5.07. The summed E-state index contributed by atoms with van der Waals surface area (Å²) in [5, 5.41) is 0. The Morgan fingerprint density at radius 2 is 1.50 bits per heavy atom. The van der Waals surface area contributed by atoms with Crippen LogP contribution in [0.3, 0.4) is 0 Å². The summed E-state index contributed by atoms with van der Waals surface area (Å²) in [6.07, 6.45) is 9.50. The van der Waals surface area contributed by atoms with Crippen LogP contribution in [0.2, 0.25) is 0 Å². The van der Waals surface area contributed by atoms with E-state index in [1.807, 2.05) is 0 Å². The van der Waals surface area contributed by atoms with Crippen LogP contribution in [0.15, 0.2) is 12.1 Å². The van der Waals surface area contributed by atoms with Gasteiger partial charge in [0, 0.05) is 12.1 Å². The van der Waals surface area contributed by atoms with Crippen LogP contribution in [0.25, 0.3) is 0 Å². The number of benzene rings is 1. The Kier molecular flexibility index (Phi) is 8.00. The van der Waals surface area contributed by atoms with Crippen molar-refractivity contribution in [2.24, 2.45) is 0 Å². The maximum absolute atomic E-state index is 13.4. The molecule has 0 heterocycles. The Balaban J connectivity index is 2.11. The molecule has 20 heavy (non-hydrogen) atoms. The lowest BCUT2D eigenvalue weighted by Crippen LogP contribution is -2.01. The number of anilines is 1. The molecule has 2 N–H and O–H groups in total. The number of nitrogens with two attached hydrogens (primary N) is 1. The van der Waals surface area contributed by atoms with Gasteiger partial charge in [0.2, 0.25) is 0 Å². The second kappa shape index (κ2) is 9.56. The van der Waals surface area contributed by atoms with Crippen LogP contribution in [0.5, 0.6) is 5.75 Å². The van der Waals surface area contributed by atoms with Crippen molar-refractivity contribution in [2.75, 3.05) is 12.3 Å². The minimum absolute atomic E-state index is 0.0559. The van der Waals surface area contributed by atoms with E-state index in [-0.39, 0.29) is 11.4 Å². The Morgan fingerprint density at radius 3 is 2.15 bits per heavy atom. The van der Waals surface area contributed by atoms with E-state index < -0.39 is 11.6 Å². The van der Waals surface area contributed by atoms with Crippen LogP contribution < -0.4 is 10.5 Å². The fourth-order valence-electron chi connectivity index (χ4n) is 2.07. The molecule has 0 bridgehead atoms. The maximum Gasteiger partial charge on any atom is 0.167 e. The first-order valence-electron chi connectivity index (χ1n) is 7.52. The van der Waals surface area contributed by atoms with Crippen molar-refractivity contribution in [1.82, 2.24) is 0 Å². The fraction of sp³-hybridized carbons (Fsp3) is 0.625. The summed E-state index contributed by atoms with van der Waals surface area (Å²) in [5.74, 6) is -1.31. The van der Waals surface area contributed by atoms with E-state index in [0.29, 0.717) is 6.61 Å². The summed E-state index contributed by atoms with van der Waals surface area (Å²) >= 11 is 0. The van der Waals surface area contributed by atoms with Crippen LogP contribution in [-0.2, 0) is 0 Å². The van der Waals surface area contributed by atoms with Crippen LogP contribution in [-0.4, -0.2) is 6.61 Å². The molecule has 0 aliphatic rings. The first-order chi connectivity index (χ1) is 9.65. The van der Waals surface area contributed by atoms with Gasteiger partial charge in [0.05, 0.1) is 12.3 Å². The number of nitrogen functional groups attached to an aromatic ring is 1.